The van der Waals surface area contributed by atoms with Crippen LogP contribution in [-0.2, 0) is 19.6 Å². The van der Waals surface area contributed by atoms with Gasteiger partial charge in [0.25, 0.3) is 5.91 Å². The van der Waals surface area contributed by atoms with E-state index in [2.05, 4.69) is 5.32 Å². The zero-order chi connectivity index (χ0) is 17.7. The van der Waals surface area contributed by atoms with E-state index in [4.69, 9.17) is 4.74 Å². The number of sulfonamides is 1. The molecule has 24 heavy (non-hydrogen) atoms. The van der Waals surface area contributed by atoms with Gasteiger partial charge in [-0.05, 0) is 31.5 Å². The monoisotopic (exact) mass is 356 g/mol. The molecule has 1 N–H and O–H groups in total. The first-order chi connectivity index (χ1) is 11.4. The first-order valence-corrected chi connectivity index (χ1v) is 9.16. The second kappa shape index (κ2) is 7.87. The Bertz CT molecular complexity index is 740. The molecule has 1 aliphatic heterocycles. The summed E-state index contributed by atoms with van der Waals surface area (Å²) in [6.07, 6.45) is 2.46. The standard InChI is InChI=1S/C16H21FN2O4S/c1-3-4-12(2)16(20)18-13-5-6-14(17)15(11-13)24(21,22)19-7-9-23-10-8-19/h4-6,11H,3,7-10H2,1-2H3,(H,18,20). The number of ether oxygens (including phenoxy) is 1. The summed E-state index contributed by atoms with van der Waals surface area (Å²) in [6, 6.07) is 3.53. The summed E-state index contributed by atoms with van der Waals surface area (Å²) in [5, 5.41) is 2.59. The van der Waals surface area contributed by atoms with Crippen molar-refractivity contribution in [3.63, 3.8) is 0 Å². The van der Waals surface area contributed by atoms with Crippen LogP contribution in [0.4, 0.5) is 10.1 Å². The van der Waals surface area contributed by atoms with E-state index in [0.717, 1.165) is 12.1 Å². The molecule has 1 aliphatic rings. The van der Waals surface area contributed by atoms with Crippen LogP contribution in [0.3, 0.4) is 0 Å². The van der Waals surface area contributed by atoms with E-state index in [1.807, 2.05) is 6.92 Å². The van der Waals surface area contributed by atoms with Gasteiger partial charge in [-0.2, -0.15) is 4.31 Å². The first-order valence-electron chi connectivity index (χ1n) is 7.72. The van der Waals surface area contributed by atoms with Crippen LogP contribution in [0.5, 0.6) is 0 Å². The molecule has 0 aliphatic carbocycles. The number of carbonyl (C=O) groups excluding carboxylic acids is 1. The van der Waals surface area contributed by atoms with Crippen LogP contribution >= 0.6 is 0 Å². The van der Waals surface area contributed by atoms with E-state index < -0.39 is 20.7 Å². The molecule has 0 spiro atoms. The summed E-state index contributed by atoms with van der Waals surface area (Å²) in [6.45, 7) is 4.47. The third kappa shape index (κ3) is 4.19. The Kier molecular flexibility index (Phi) is 6.09. The predicted octanol–water partition coefficient (Wildman–Crippen LogP) is 2.14. The number of allylic oxidation sites excluding steroid dienone is 1. The lowest BCUT2D eigenvalue weighted by molar-refractivity contribution is -0.112. The topological polar surface area (TPSA) is 75.7 Å². The Hall–Kier alpha value is -1.77. The van der Waals surface area contributed by atoms with Crippen molar-refractivity contribution in [2.24, 2.45) is 0 Å². The van der Waals surface area contributed by atoms with E-state index in [1.165, 1.54) is 10.4 Å². The van der Waals surface area contributed by atoms with Crippen LogP contribution in [0, 0.1) is 5.82 Å². The third-order valence-corrected chi connectivity index (χ3v) is 5.56. The summed E-state index contributed by atoms with van der Waals surface area (Å²) in [4.78, 5) is 11.6. The highest BCUT2D eigenvalue weighted by molar-refractivity contribution is 7.89. The summed E-state index contributed by atoms with van der Waals surface area (Å²) >= 11 is 0. The van der Waals surface area contributed by atoms with Crippen molar-refractivity contribution in [2.45, 2.75) is 25.2 Å². The molecule has 1 aromatic rings. The van der Waals surface area contributed by atoms with Crippen molar-refractivity contribution >= 4 is 21.6 Å². The van der Waals surface area contributed by atoms with E-state index in [9.17, 15) is 17.6 Å². The van der Waals surface area contributed by atoms with Gasteiger partial charge in [0.2, 0.25) is 10.0 Å². The minimum atomic E-state index is -3.97. The van der Waals surface area contributed by atoms with Gasteiger partial charge in [0, 0.05) is 24.4 Å². The molecule has 0 aromatic heterocycles. The Morgan fingerprint density at radius 2 is 2.04 bits per heavy atom. The average Bonchev–Trinajstić information content (AvgIpc) is 2.57. The summed E-state index contributed by atoms with van der Waals surface area (Å²) in [5.74, 6) is -1.20. The van der Waals surface area contributed by atoms with Gasteiger partial charge in [-0.3, -0.25) is 4.79 Å². The van der Waals surface area contributed by atoms with Crippen LogP contribution in [-0.4, -0.2) is 44.9 Å². The Labute approximate surface area is 141 Å². The molecule has 1 fully saturated rings. The van der Waals surface area contributed by atoms with Crippen molar-refractivity contribution in [3.8, 4) is 0 Å². The number of amides is 1. The number of anilines is 1. The molecule has 0 radical (unpaired) electrons. The molecular weight excluding hydrogens is 335 g/mol. The molecule has 1 heterocycles. The smallest absolute Gasteiger partial charge is 0.250 e. The lowest BCUT2D eigenvalue weighted by Crippen LogP contribution is -2.40. The molecule has 8 heteroatoms. The minimum absolute atomic E-state index is 0.177. The summed E-state index contributed by atoms with van der Waals surface area (Å²) in [5.41, 5.74) is 0.747. The quantitative estimate of drug-likeness (QED) is 0.820. The zero-order valence-electron chi connectivity index (χ0n) is 13.7. The molecule has 6 nitrogen and oxygen atoms in total. The van der Waals surface area contributed by atoms with Crippen LogP contribution in [0.25, 0.3) is 0 Å². The van der Waals surface area contributed by atoms with E-state index in [-0.39, 0.29) is 37.9 Å². The van der Waals surface area contributed by atoms with Crippen LogP contribution in [0.15, 0.2) is 34.7 Å². The van der Waals surface area contributed by atoms with Gasteiger partial charge in [0.1, 0.15) is 10.7 Å². The molecular formula is C16H21FN2O4S. The van der Waals surface area contributed by atoms with Crippen molar-refractivity contribution < 1.29 is 22.3 Å². The number of hydrogen-bond acceptors (Lipinski definition) is 4. The number of hydrogen-bond donors (Lipinski definition) is 1. The fourth-order valence-corrected chi connectivity index (χ4v) is 3.83. The van der Waals surface area contributed by atoms with Gasteiger partial charge >= 0.3 is 0 Å². The number of morpholine rings is 1. The number of benzene rings is 1. The molecule has 1 aromatic carbocycles. The van der Waals surface area contributed by atoms with Crippen molar-refractivity contribution in [1.82, 2.24) is 4.31 Å². The highest BCUT2D eigenvalue weighted by Crippen LogP contribution is 2.24. The van der Waals surface area contributed by atoms with Gasteiger partial charge in [-0.15, -0.1) is 0 Å². The number of carbonyl (C=O) groups is 1. The highest BCUT2D eigenvalue weighted by atomic mass is 32.2. The molecule has 0 unspecified atom stereocenters. The molecule has 0 atom stereocenters. The van der Waals surface area contributed by atoms with E-state index in [1.54, 1.807) is 13.0 Å². The molecule has 132 valence electrons. The zero-order valence-corrected chi connectivity index (χ0v) is 14.5. The maximum absolute atomic E-state index is 14.1. The van der Waals surface area contributed by atoms with E-state index in [0.29, 0.717) is 12.0 Å². The Morgan fingerprint density at radius 3 is 2.67 bits per heavy atom. The minimum Gasteiger partial charge on any atom is -0.379 e. The maximum atomic E-state index is 14.1. The van der Waals surface area contributed by atoms with Gasteiger partial charge < -0.3 is 10.1 Å². The number of nitrogens with zero attached hydrogens (tertiary/aromatic N) is 1. The molecule has 2 rings (SSSR count). The van der Waals surface area contributed by atoms with Crippen LogP contribution in [0.1, 0.15) is 20.3 Å². The maximum Gasteiger partial charge on any atom is 0.250 e. The predicted molar refractivity (Wildman–Crippen MR) is 88.7 cm³/mol. The van der Waals surface area contributed by atoms with Crippen molar-refractivity contribution in [2.75, 3.05) is 31.6 Å². The largest absolute Gasteiger partial charge is 0.379 e. The Morgan fingerprint density at radius 1 is 1.38 bits per heavy atom. The second-order valence-corrected chi connectivity index (χ2v) is 7.32. The average molecular weight is 356 g/mol. The Balaban J connectivity index is 2.28. The summed E-state index contributed by atoms with van der Waals surface area (Å²) < 4.78 is 45.6. The van der Waals surface area contributed by atoms with Crippen molar-refractivity contribution in [3.05, 3.63) is 35.7 Å². The first kappa shape index (κ1) is 18.6. The molecule has 1 saturated heterocycles. The number of nitrogens with one attached hydrogen (secondary N) is 1. The van der Waals surface area contributed by atoms with Gasteiger partial charge in [0.15, 0.2) is 0 Å². The van der Waals surface area contributed by atoms with Gasteiger partial charge in [-0.25, -0.2) is 12.8 Å². The van der Waals surface area contributed by atoms with Crippen molar-refractivity contribution in [1.29, 1.82) is 0 Å². The van der Waals surface area contributed by atoms with Gasteiger partial charge in [-0.1, -0.05) is 13.0 Å². The highest BCUT2D eigenvalue weighted by Gasteiger charge is 2.29. The lowest BCUT2D eigenvalue weighted by Gasteiger charge is -2.26. The SMILES string of the molecule is CCC=C(C)C(=O)Nc1ccc(F)c(S(=O)(=O)N2CCOCC2)c1. The van der Waals surface area contributed by atoms with Gasteiger partial charge in [0.05, 0.1) is 13.2 Å². The number of rotatable bonds is 5. The summed E-state index contributed by atoms with van der Waals surface area (Å²) in [7, 11) is -3.97. The van der Waals surface area contributed by atoms with Crippen LogP contribution in [0.2, 0.25) is 0 Å². The fourth-order valence-electron chi connectivity index (χ4n) is 2.33. The third-order valence-electron chi connectivity index (χ3n) is 3.65. The lowest BCUT2D eigenvalue weighted by atomic mass is 10.2. The second-order valence-electron chi connectivity index (χ2n) is 5.41. The van der Waals surface area contributed by atoms with E-state index >= 15 is 0 Å². The number of halogens is 1. The molecule has 0 saturated carbocycles. The molecule has 1 amide bonds. The normalized spacial score (nSPS) is 16.9. The molecule has 0 bridgehead atoms. The van der Waals surface area contributed by atoms with Crippen LogP contribution < -0.4 is 5.32 Å². The fraction of sp³-hybridized carbons (Fsp3) is 0.438.